The van der Waals surface area contributed by atoms with Crippen molar-refractivity contribution >= 4 is 10.8 Å². The molecule has 0 bridgehead atoms. The topological polar surface area (TPSA) is 0 Å². The van der Waals surface area contributed by atoms with Crippen molar-refractivity contribution in [2.45, 2.75) is 13.8 Å². The zero-order chi connectivity index (χ0) is 10.3. The molecule has 2 aromatic carbocycles. The van der Waals surface area contributed by atoms with E-state index in [0.29, 0.717) is 5.39 Å². The van der Waals surface area contributed by atoms with Crippen LogP contribution in [0.4, 0.5) is 8.78 Å². The third-order valence-electron chi connectivity index (χ3n) is 2.35. The Balaban J connectivity index is 2.95. The molecule has 0 spiro atoms. The number of rotatable bonds is 0. The third kappa shape index (κ3) is 1.27. The second-order valence-corrected chi connectivity index (χ2v) is 3.54. The van der Waals surface area contributed by atoms with E-state index >= 15 is 0 Å². The van der Waals surface area contributed by atoms with E-state index in [4.69, 9.17) is 0 Å². The van der Waals surface area contributed by atoms with Crippen LogP contribution >= 0.6 is 0 Å². The van der Waals surface area contributed by atoms with Crippen molar-refractivity contribution in [2.75, 3.05) is 0 Å². The van der Waals surface area contributed by atoms with E-state index in [1.807, 2.05) is 19.1 Å². The maximum Gasteiger partial charge on any atom is 0.166 e. The molecular formula is C12H10F2. The van der Waals surface area contributed by atoms with E-state index in [2.05, 4.69) is 0 Å². The normalized spacial score (nSPS) is 10.9. The van der Waals surface area contributed by atoms with Crippen LogP contribution in [0.15, 0.2) is 24.3 Å². The third-order valence-corrected chi connectivity index (χ3v) is 2.35. The van der Waals surface area contributed by atoms with Crippen LogP contribution < -0.4 is 0 Å². The lowest BCUT2D eigenvalue weighted by Gasteiger charge is -2.05. The summed E-state index contributed by atoms with van der Waals surface area (Å²) in [7, 11) is 0. The Morgan fingerprint density at radius 3 is 2.43 bits per heavy atom. The van der Waals surface area contributed by atoms with Crippen molar-refractivity contribution in [2.24, 2.45) is 0 Å². The average Bonchev–Trinajstić information content (AvgIpc) is 2.10. The number of benzene rings is 2. The summed E-state index contributed by atoms with van der Waals surface area (Å²) < 4.78 is 26.4. The Bertz CT molecular complexity index is 501. The van der Waals surface area contributed by atoms with E-state index in [0.717, 1.165) is 22.6 Å². The van der Waals surface area contributed by atoms with Gasteiger partial charge in [0.25, 0.3) is 0 Å². The number of aryl methyl sites for hydroxylation is 2. The summed E-state index contributed by atoms with van der Waals surface area (Å²) in [5.41, 5.74) is 1.83. The second-order valence-electron chi connectivity index (χ2n) is 3.54. The highest BCUT2D eigenvalue weighted by molar-refractivity contribution is 5.86. The first-order valence-electron chi connectivity index (χ1n) is 4.44. The van der Waals surface area contributed by atoms with Gasteiger partial charge in [-0.3, -0.25) is 0 Å². The van der Waals surface area contributed by atoms with E-state index in [1.54, 1.807) is 13.0 Å². The van der Waals surface area contributed by atoms with Gasteiger partial charge in [0, 0.05) is 5.39 Å². The monoisotopic (exact) mass is 192 g/mol. The molecule has 0 aliphatic rings. The fourth-order valence-electron chi connectivity index (χ4n) is 1.79. The van der Waals surface area contributed by atoms with Gasteiger partial charge in [0.1, 0.15) is 0 Å². The number of hydrogen-bond donors (Lipinski definition) is 0. The molecule has 2 aromatic rings. The molecule has 0 unspecified atom stereocenters. The Labute approximate surface area is 81.2 Å². The largest absolute Gasteiger partial charge is 0.204 e. The molecule has 0 heterocycles. The molecule has 0 saturated carbocycles. The first-order valence-corrected chi connectivity index (χ1v) is 4.44. The standard InChI is InChI=1S/C12H10F2/c1-7-5-8(2)11-9(6-7)3-4-10(13)12(11)14/h3-6H,1-2H3. The summed E-state index contributed by atoms with van der Waals surface area (Å²) in [5, 5.41) is 1.14. The van der Waals surface area contributed by atoms with Crippen LogP contribution in [0.1, 0.15) is 11.1 Å². The average molecular weight is 192 g/mol. The fourth-order valence-corrected chi connectivity index (χ4v) is 1.79. The number of hydrogen-bond acceptors (Lipinski definition) is 0. The molecule has 0 fully saturated rings. The maximum absolute atomic E-state index is 13.4. The number of fused-ring (bicyclic) bond motifs is 1. The minimum absolute atomic E-state index is 0.385. The molecule has 0 aliphatic carbocycles. The van der Waals surface area contributed by atoms with Gasteiger partial charge < -0.3 is 0 Å². The van der Waals surface area contributed by atoms with Gasteiger partial charge in [-0.15, -0.1) is 0 Å². The lowest BCUT2D eigenvalue weighted by atomic mass is 10.0. The Kier molecular flexibility index (Phi) is 1.99. The van der Waals surface area contributed by atoms with Crippen LogP contribution in [0.3, 0.4) is 0 Å². The van der Waals surface area contributed by atoms with Gasteiger partial charge in [-0.2, -0.15) is 0 Å². The summed E-state index contributed by atoms with van der Waals surface area (Å²) in [5.74, 6) is -1.54. The minimum Gasteiger partial charge on any atom is -0.204 e. The van der Waals surface area contributed by atoms with E-state index in [-0.39, 0.29) is 0 Å². The van der Waals surface area contributed by atoms with Crippen LogP contribution in [0.25, 0.3) is 10.8 Å². The molecule has 2 heteroatoms. The molecule has 72 valence electrons. The Morgan fingerprint density at radius 2 is 1.71 bits per heavy atom. The summed E-state index contributed by atoms with van der Waals surface area (Å²) >= 11 is 0. The molecule has 0 radical (unpaired) electrons. The lowest BCUT2D eigenvalue weighted by molar-refractivity contribution is 0.516. The van der Waals surface area contributed by atoms with E-state index in [1.165, 1.54) is 0 Å². The highest BCUT2D eigenvalue weighted by Gasteiger charge is 2.09. The Hall–Kier alpha value is -1.44. The SMILES string of the molecule is Cc1cc(C)c2c(F)c(F)ccc2c1. The Morgan fingerprint density at radius 1 is 1.00 bits per heavy atom. The van der Waals surface area contributed by atoms with Gasteiger partial charge in [0.2, 0.25) is 0 Å². The minimum atomic E-state index is -0.788. The van der Waals surface area contributed by atoms with Crippen LogP contribution in [-0.2, 0) is 0 Å². The predicted molar refractivity (Wildman–Crippen MR) is 53.3 cm³/mol. The second kappa shape index (κ2) is 3.05. The molecule has 0 amide bonds. The van der Waals surface area contributed by atoms with Crippen LogP contribution in [0.2, 0.25) is 0 Å². The van der Waals surface area contributed by atoms with Crippen molar-refractivity contribution in [3.63, 3.8) is 0 Å². The molecule has 0 aromatic heterocycles. The van der Waals surface area contributed by atoms with Gasteiger partial charge in [-0.25, -0.2) is 8.78 Å². The summed E-state index contributed by atoms with van der Waals surface area (Å²) in [6.07, 6.45) is 0. The van der Waals surface area contributed by atoms with Crippen LogP contribution in [0.5, 0.6) is 0 Å². The highest BCUT2D eigenvalue weighted by Crippen LogP contribution is 2.24. The zero-order valence-electron chi connectivity index (χ0n) is 8.07. The molecule has 0 aliphatic heterocycles. The van der Waals surface area contributed by atoms with Crippen molar-refractivity contribution in [1.29, 1.82) is 0 Å². The molecule has 0 N–H and O–H groups in total. The van der Waals surface area contributed by atoms with Crippen LogP contribution in [-0.4, -0.2) is 0 Å². The summed E-state index contributed by atoms with van der Waals surface area (Å²) in [4.78, 5) is 0. The predicted octanol–water partition coefficient (Wildman–Crippen LogP) is 3.73. The van der Waals surface area contributed by atoms with Gasteiger partial charge in [0.15, 0.2) is 11.6 Å². The quantitative estimate of drug-likeness (QED) is 0.596. The first-order chi connectivity index (χ1) is 6.59. The molecule has 0 saturated heterocycles. The highest BCUT2D eigenvalue weighted by atomic mass is 19.2. The van der Waals surface area contributed by atoms with Gasteiger partial charge >= 0.3 is 0 Å². The van der Waals surface area contributed by atoms with E-state index < -0.39 is 11.6 Å². The van der Waals surface area contributed by atoms with Crippen molar-refractivity contribution in [3.8, 4) is 0 Å². The first kappa shape index (κ1) is 9.13. The van der Waals surface area contributed by atoms with Crippen molar-refractivity contribution < 1.29 is 8.78 Å². The van der Waals surface area contributed by atoms with Crippen LogP contribution in [0, 0.1) is 25.5 Å². The molecule has 0 atom stereocenters. The van der Waals surface area contributed by atoms with Gasteiger partial charge in [0.05, 0.1) is 0 Å². The maximum atomic E-state index is 13.4. The molecule has 2 rings (SSSR count). The van der Waals surface area contributed by atoms with Crippen molar-refractivity contribution in [1.82, 2.24) is 0 Å². The summed E-state index contributed by atoms with van der Waals surface area (Å²) in [6, 6.07) is 6.47. The summed E-state index contributed by atoms with van der Waals surface area (Å²) in [6.45, 7) is 3.73. The zero-order valence-corrected chi connectivity index (χ0v) is 8.07. The molecule has 14 heavy (non-hydrogen) atoms. The van der Waals surface area contributed by atoms with E-state index in [9.17, 15) is 8.78 Å². The van der Waals surface area contributed by atoms with Gasteiger partial charge in [-0.1, -0.05) is 23.8 Å². The smallest absolute Gasteiger partial charge is 0.166 e. The lowest BCUT2D eigenvalue weighted by Crippen LogP contribution is -1.90. The number of halogens is 2. The fraction of sp³-hybridized carbons (Fsp3) is 0.167. The van der Waals surface area contributed by atoms with Gasteiger partial charge in [-0.05, 0) is 30.9 Å². The van der Waals surface area contributed by atoms with Crippen molar-refractivity contribution in [3.05, 3.63) is 47.0 Å². The molecular weight excluding hydrogens is 182 g/mol. The molecule has 0 nitrogen and oxygen atoms in total.